The van der Waals surface area contributed by atoms with Crippen molar-refractivity contribution in [1.29, 1.82) is 0 Å². The molecule has 19 heavy (non-hydrogen) atoms. The highest BCUT2D eigenvalue weighted by Gasteiger charge is 2.45. The van der Waals surface area contributed by atoms with E-state index in [1.54, 1.807) is 12.1 Å². The largest absolute Gasteiger partial charge is 0.387 e. The molecule has 1 fully saturated rings. The number of halogens is 1. The number of aliphatic hydroxyl groups is 1. The molecular formula is C17H17FO. The van der Waals surface area contributed by atoms with Gasteiger partial charge in [0.05, 0.1) is 6.10 Å². The molecule has 1 atom stereocenters. The average Bonchev–Trinajstić information content (AvgIpc) is 2.38. The van der Waals surface area contributed by atoms with E-state index >= 15 is 0 Å². The molecule has 0 aromatic heterocycles. The Labute approximate surface area is 112 Å². The first-order valence-electron chi connectivity index (χ1n) is 6.71. The molecule has 0 heterocycles. The zero-order valence-corrected chi connectivity index (χ0v) is 10.7. The van der Waals surface area contributed by atoms with Crippen LogP contribution in [0, 0.1) is 5.82 Å². The van der Waals surface area contributed by atoms with Crippen molar-refractivity contribution in [2.75, 3.05) is 0 Å². The van der Waals surface area contributed by atoms with Crippen LogP contribution in [-0.4, -0.2) is 5.11 Å². The fraction of sp³-hybridized carbons (Fsp3) is 0.294. The first kappa shape index (κ1) is 12.4. The Morgan fingerprint density at radius 1 is 1.00 bits per heavy atom. The summed E-state index contributed by atoms with van der Waals surface area (Å²) in [7, 11) is 0. The molecule has 0 aliphatic heterocycles. The summed E-state index contributed by atoms with van der Waals surface area (Å²) in [6.45, 7) is 0. The maximum absolute atomic E-state index is 13.3. The monoisotopic (exact) mass is 256 g/mol. The molecule has 1 saturated carbocycles. The summed E-state index contributed by atoms with van der Waals surface area (Å²) >= 11 is 0. The predicted molar refractivity (Wildman–Crippen MR) is 73.3 cm³/mol. The van der Waals surface area contributed by atoms with Crippen LogP contribution < -0.4 is 0 Å². The van der Waals surface area contributed by atoms with Gasteiger partial charge in [0.15, 0.2) is 0 Å². The molecule has 0 amide bonds. The molecule has 98 valence electrons. The van der Waals surface area contributed by atoms with Gasteiger partial charge >= 0.3 is 0 Å². The molecule has 0 bridgehead atoms. The number of benzene rings is 2. The number of hydrogen-bond acceptors (Lipinski definition) is 1. The maximum Gasteiger partial charge on any atom is 0.123 e. The highest BCUT2D eigenvalue weighted by Crippen LogP contribution is 2.52. The minimum Gasteiger partial charge on any atom is -0.387 e. The third-order valence-corrected chi connectivity index (χ3v) is 4.28. The van der Waals surface area contributed by atoms with Gasteiger partial charge in [0.1, 0.15) is 5.82 Å². The van der Waals surface area contributed by atoms with Crippen molar-refractivity contribution >= 4 is 0 Å². The fourth-order valence-corrected chi connectivity index (χ4v) is 3.04. The van der Waals surface area contributed by atoms with Gasteiger partial charge in [0, 0.05) is 5.41 Å². The Hall–Kier alpha value is -1.67. The zero-order chi connectivity index (χ0) is 13.3. The van der Waals surface area contributed by atoms with Crippen LogP contribution in [0.2, 0.25) is 0 Å². The van der Waals surface area contributed by atoms with Gasteiger partial charge < -0.3 is 5.11 Å². The summed E-state index contributed by atoms with van der Waals surface area (Å²) in [6.07, 6.45) is 2.38. The molecule has 1 aliphatic carbocycles. The summed E-state index contributed by atoms with van der Waals surface area (Å²) < 4.78 is 13.3. The molecule has 0 spiro atoms. The maximum atomic E-state index is 13.3. The lowest BCUT2D eigenvalue weighted by Gasteiger charge is -2.46. The van der Waals surface area contributed by atoms with Crippen LogP contribution in [0.15, 0.2) is 54.6 Å². The molecule has 0 saturated heterocycles. The Balaban J connectivity index is 1.99. The molecule has 1 N–H and O–H groups in total. The fourth-order valence-electron chi connectivity index (χ4n) is 3.04. The van der Waals surface area contributed by atoms with Gasteiger partial charge in [-0.25, -0.2) is 4.39 Å². The zero-order valence-electron chi connectivity index (χ0n) is 10.7. The number of aliphatic hydroxyl groups excluding tert-OH is 1. The standard InChI is InChI=1S/C17H17FO/c18-15-9-4-6-13(12-15)16(19)17(10-5-11-17)14-7-2-1-3-8-14/h1-4,6-9,12,16,19H,5,10-11H2. The number of hydrogen-bond donors (Lipinski definition) is 1. The van der Waals surface area contributed by atoms with Crippen LogP contribution in [0.1, 0.15) is 36.5 Å². The van der Waals surface area contributed by atoms with Crippen LogP contribution in [0.4, 0.5) is 4.39 Å². The van der Waals surface area contributed by atoms with Crippen LogP contribution in [-0.2, 0) is 5.41 Å². The second-order valence-electron chi connectivity index (χ2n) is 5.33. The smallest absolute Gasteiger partial charge is 0.123 e. The van der Waals surface area contributed by atoms with Gasteiger partial charge in [-0.15, -0.1) is 0 Å². The number of rotatable bonds is 3. The van der Waals surface area contributed by atoms with Gasteiger partial charge in [0.2, 0.25) is 0 Å². The first-order valence-corrected chi connectivity index (χ1v) is 6.71. The van der Waals surface area contributed by atoms with Gasteiger partial charge in [-0.1, -0.05) is 48.9 Å². The lowest BCUT2D eigenvalue weighted by Crippen LogP contribution is -2.40. The minimum atomic E-state index is -0.639. The van der Waals surface area contributed by atoms with E-state index in [4.69, 9.17) is 0 Å². The summed E-state index contributed by atoms with van der Waals surface area (Å²) in [5.41, 5.74) is 1.58. The van der Waals surface area contributed by atoms with E-state index in [0.29, 0.717) is 5.56 Å². The Morgan fingerprint density at radius 2 is 1.74 bits per heavy atom. The highest BCUT2D eigenvalue weighted by atomic mass is 19.1. The molecule has 0 radical (unpaired) electrons. The lowest BCUT2D eigenvalue weighted by atomic mass is 9.60. The van der Waals surface area contributed by atoms with Crippen molar-refractivity contribution in [3.63, 3.8) is 0 Å². The molecule has 1 aliphatic rings. The van der Waals surface area contributed by atoms with Gasteiger partial charge in [-0.2, -0.15) is 0 Å². The third-order valence-electron chi connectivity index (χ3n) is 4.28. The Bertz CT molecular complexity index is 560. The van der Waals surface area contributed by atoms with Crippen molar-refractivity contribution in [3.05, 3.63) is 71.5 Å². The van der Waals surface area contributed by atoms with Crippen LogP contribution >= 0.6 is 0 Å². The van der Waals surface area contributed by atoms with E-state index < -0.39 is 6.10 Å². The van der Waals surface area contributed by atoms with E-state index in [1.165, 1.54) is 12.1 Å². The molecule has 2 aromatic rings. The van der Waals surface area contributed by atoms with Gasteiger partial charge in [-0.05, 0) is 36.1 Å². The van der Waals surface area contributed by atoms with E-state index in [0.717, 1.165) is 24.8 Å². The Kier molecular flexibility index (Phi) is 3.11. The molecular weight excluding hydrogens is 239 g/mol. The van der Waals surface area contributed by atoms with E-state index in [2.05, 4.69) is 12.1 Å². The molecule has 1 nitrogen and oxygen atoms in total. The third kappa shape index (κ3) is 2.06. The van der Waals surface area contributed by atoms with Crippen molar-refractivity contribution in [1.82, 2.24) is 0 Å². The van der Waals surface area contributed by atoms with Gasteiger partial charge in [0.25, 0.3) is 0 Å². The second kappa shape index (κ2) is 4.78. The topological polar surface area (TPSA) is 20.2 Å². The highest BCUT2D eigenvalue weighted by molar-refractivity contribution is 5.34. The molecule has 2 aromatic carbocycles. The minimum absolute atomic E-state index is 0.241. The summed E-state index contributed by atoms with van der Waals surface area (Å²) in [5, 5.41) is 10.7. The van der Waals surface area contributed by atoms with Crippen LogP contribution in [0.3, 0.4) is 0 Å². The second-order valence-corrected chi connectivity index (χ2v) is 5.33. The van der Waals surface area contributed by atoms with Crippen molar-refractivity contribution in [2.24, 2.45) is 0 Å². The average molecular weight is 256 g/mol. The SMILES string of the molecule is OC(c1cccc(F)c1)C1(c2ccccc2)CCC1. The van der Waals surface area contributed by atoms with Crippen LogP contribution in [0.25, 0.3) is 0 Å². The molecule has 3 rings (SSSR count). The first-order chi connectivity index (χ1) is 9.22. The van der Waals surface area contributed by atoms with Crippen LogP contribution in [0.5, 0.6) is 0 Å². The Morgan fingerprint density at radius 3 is 2.32 bits per heavy atom. The van der Waals surface area contributed by atoms with E-state index in [9.17, 15) is 9.50 Å². The van der Waals surface area contributed by atoms with E-state index in [-0.39, 0.29) is 11.2 Å². The molecule has 1 unspecified atom stereocenters. The normalized spacial score (nSPS) is 18.6. The van der Waals surface area contributed by atoms with E-state index in [1.807, 2.05) is 18.2 Å². The summed E-state index contributed by atoms with van der Waals surface area (Å²) in [5.74, 6) is -0.293. The quantitative estimate of drug-likeness (QED) is 0.880. The predicted octanol–water partition coefficient (Wildman–Crippen LogP) is 3.98. The van der Waals surface area contributed by atoms with Crippen molar-refractivity contribution in [2.45, 2.75) is 30.8 Å². The lowest BCUT2D eigenvalue weighted by molar-refractivity contribution is 0.0266. The summed E-state index contributed by atoms with van der Waals surface area (Å²) in [6, 6.07) is 16.4. The molecule has 2 heteroatoms. The summed E-state index contributed by atoms with van der Waals surface area (Å²) in [4.78, 5) is 0. The van der Waals surface area contributed by atoms with Crippen molar-refractivity contribution in [3.8, 4) is 0 Å². The van der Waals surface area contributed by atoms with Gasteiger partial charge in [-0.3, -0.25) is 0 Å². The van der Waals surface area contributed by atoms with Crippen molar-refractivity contribution < 1.29 is 9.50 Å².